The number of nitrogens with one attached hydrogen (secondary N) is 2. The predicted octanol–water partition coefficient (Wildman–Crippen LogP) is 3.46. The van der Waals surface area contributed by atoms with Crippen molar-refractivity contribution < 1.29 is 8.81 Å². The second-order valence-corrected chi connectivity index (χ2v) is 5.08. The number of hydrogen-bond donors (Lipinski definition) is 2. The molecule has 6 nitrogen and oxygen atoms in total. The fourth-order valence-corrected chi connectivity index (χ4v) is 2.43. The van der Waals surface area contributed by atoms with Gasteiger partial charge in [0.05, 0.1) is 11.6 Å². The summed E-state index contributed by atoms with van der Waals surface area (Å²) >= 11 is 0. The molecular formula is C17H11FN4O2. The van der Waals surface area contributed by atoms with E-state index in [9.17, 15) is 9.18 Å². The molecule has 3 heterocycles. The normalized spacial score (nSPS) is 10.9. The summed E-state index contributed by atoms with van der Waals surface area (Å²) in [5, 5.41) is 3.27. The first-order valence-corrected chi connectivity index (χ1v) is 7.16. The Hall–Kier alpha value is -3.48. The van der Waals surface area contributed by atoms with Gasteiger partial charge in [0, 0.05) is 17.4 Å². The zero-order valence-electron chi connectivity index (χ0n) is 12.3. The molecule has 0 amide bonds. The van der Waals surface area contributed by atoms with Crippen LogP contribution >= 0.6 is 0 Å². The van der Waals surface area contributed by atoms with E-state index in [-0.39, 0.29) is 23.0 Å². The molecule has 0 saturated carbocycles. The molecule has 0 spiro atoms. The summed E-state index contributed by atoms with van der Waals surface area (Å²) < 4.78 is 18.3. The molecule has 0 aliphatic carbocycles. The average molecular weight is 322 g/mol. The Morgan fingerprint density at radius 2 is 1.96 bits per heavy atom. The second kappa shape index (κ2) is 5.62. The summed E-state index contributed by atoms with van der Waals surface area (Å²) in [6.07, 6.45) is 3.10. The van der Waals surface area contributed by atoms with Crippen LogP contribution in [0, 0.1) is 5.82 Å². The number of aromatic amines is 1. The molecule has 0 aliphatic heterocycles. The highest BCUT2D eigenvalue weighted by Crippen LogP contribution is 2.25. The molecule has 0 aliphatic rings. The quantitative estimate of drug-likeness (QED) is 0.603. The summed E-state index contributed by atoms with van der Waals surface area (Å²) in [4.78, 5) is 23.6. The summed E-state index contributed by atoms with van der Waals surface area (Å²) in [5.74, 6) is 0.447. The first-order valence-electron chi connectivity index (χ1n) is 7.16. The number of rotatable bonds is 3. The fourth-order valence-electron chi connectivity index (χ4n) is 2.43. The van der Waals surface area contributed by atoms with E-state index in [2.05, 4.69) is 20.3 Å². The third kappa shape index (κ3) is 2.52. The van der Waals surface area contributed by atoms with Crippen LogP contribution in [0.2, 0.25) is 0 Å². The van der Waals surface area contributed by atoms with E-state index in [1.54, 1.807) is 36.5 Å². The van der Waals surface area contributed by atoms with Gasteiger partial charge in [0.1, 0.15) is 11.6 Å². The van der Waals surface area contributed by atoms with Crippen LogP contribution in [0.1, 0.15) is 0 Å². The molecule has 3 aromatic heterocycles. The van der Waals surface area contributed by atoms with Crippen molar-refractivity contribution in [3.05, 3.63) is 71.1 Å². The minimum absolute atomic E-state index is 0.225. The van der Waals surface area contributed by atoms with Crippen LogP contribution in [0.25, 0.3) is 22.4 Å². The van der Waals surface area contributed by atoms with Gasteiger partial charge in [-0.05, 0) is 42.5 Å². The summed E-state index contributed by atoms with van der Waals surface area (Å²) in [7, 11) is 0. The van der Waals surface area contributed by atoms with Gasteiger partial charge in [0.15, 0.2) is 5.65 Å². The van der Waals surface area contributed by atoms with Crippen molar-refractivity contribution in [1.29, 1.82) is 0 Å². The number of fused-ring (bicyclic) bond motifs is 1. The van der Waals surface area contributed by atoms with Crippen LogP contribution in [0.5, 0.6) is 0 Å². The van der Waals surface area contributed by atoms with E-state index < -0.39 is 0 Å². The van der Waals surface area contributed by atoms with Gasteiger partial charge < -0.3 is 9.73 Å². The van der Waals surface area contributed by atoms with Gasteiger partial charge in [-0.3, -0.25) is 9.78 Å². The summed E-state index contributed by atoms with van der Waals surface area (Å²) in [6.45, 7) is 0. The van der Waals surface area contributed by atoms with Crippen molar-refractivity contribution in [1.82, 2.24) is 15.0 Å². The molecule has 2 N–H and O–H groups in total. The lowest BCUT2D eigenvalue weighted by molar-refractivity contribution is 0.583. The van der Waals surface area contributed by atoms with E-state index in [0.717, 1.165) is 0 Å². The lowest BCUT2D eigenvalue weighted by Gasteiger charge is -2.07. The third-order valence-corrected chi connectivity index (χ3v) is 3.50. The Balaban J connectivity index is 1.81. The highest BCUT2D eigenvalue weighted by Gasteiger charge is 2.13. The largest absolute Gasteiger partial charge is 0.464 e. The van der Waals surface area contributed by atoms with Crippen LogP contribution in [0.4, 0.5) is 16.0 Å². The standard InChI is InChI=1S/C17H11FN4O2/c18-10-3-5-11(6-4-10)20-17-21-15-14(16(23)22-17)12(7-8-19-15)13-2-1-9-24-13/h1-9H,(H2,19,20,21,22,23). The number of H-pyrrole nitrogens is 1. The lowest BCUT2D eigenvalue weighted by atomic mass is 10.1. The van der Waals surface area contributed by atoms with E-state index in [1.807, 2.05) is 0 Å². The molecule has 4 rings (SSSR count). The zero-order valence-corrected chi connectivity index (χ0v) is 12.3. The Kier molecular flexibility index (Phi) is 3.31. The van der Waals surface area contributed by atoms with Crippen LogP contribution < -0.4 is 10.9 Å². The van der Waals surface area contributed by atoms with E-state index >= 15 is 0 Å². The van der Waals surface area contributed by atoms with Gasteiger partial charge >= 0.3 is 0 Å². The Bertz CT molecular complexity index is 1060. The number of halogens is 1. The van der Waals surface area contributed by atoms with Crippen molar-refractivity contribution in [2.45, 2.75) is 0 Å². The van der Waals surface area contributed by atoms with Crippen LogP contribution in [0.3, 0.4) is 0 Å². The Morgan fingerprint density at radius 3 is 2.71 bits per heavy atom. The average Bonchev–Trinajstić information content (AvgIpc) is 3.11. The number of pyridine rings is 1. The van der Waals surface area contributed by atoms with Gasteiger partial charge in [-0.15, -0.1) is 0 Å². The van der Waals surface area contributed by atoms with Crippen molar-refractivity contribution in [2.24, 2.45) is 0 Å². The minimum Gasteiger partial charge on any atom is -0.464 e. The molecule has 0 fully saturated rings. The van der Waals surface area contributed by atoms with Crippen molar-refractivity contribution in [3.63, 3.8) is 0 Å². The van der Waals surface area contributed by atoms with E-state index in [4.69, 9.17) is 4.42 Å². The van der Waals surface area contributed by atoms with Crippen LogP contribution in [-0.4, -0.2) is 15.0 Å². The molecule has 1 aromatic carbocycles. The molecule has 0 unspecified atom stereocenters. The topological polar surface area (TPSA) is 83.8 Å². The smallest absolute Gasteiger partial charge is 0.262 e. The highest BCUT2D eigenvalue weighted by atomic mass is 19.1. The fraction of sp³-hybridized carbons (Fsp3) is 0. The SMILES string of the molecule is O=c1[nH]c(Nc2ccc(F)cc2)nc2nccc(-c3ccco3)c12. The summed E-state index contributed by atoms with van der Waals surface area (Å²) in [6, 6.07) is 10.9. The molecule has 0 radical (unpaired) electrons. The number of furan rings is 1. The molecule has 24 heavy (non-hydrogen) atoms. The van der Waals surface area contributed by atoms with Gasteiger partial charge in [-0.1, -0.05) is 0 Å². The Labute approximate surface area is 135 Å². The molecule has 118 valence electrons. The van der Waals surface area contributed by atoms with Gasteiger partial charge in [0.2, 0.25) is 5.95 Å². The molecule has 4 aromatic rings. The van der Waals surface area contributed by atoms with Crippen LogP contribution in [-0.2, 0) is 0 Å². The number of anilines is 2. The number of hydrogen-bond acceptors (Lipinski definition) is 5. The maximum absolute atomic E-state index is 13.0. The second-order valence-electron chi connectivity index (χ2n) is 5.08. The Morgan fingerprint density at radius 1 is 1.12 bits per heavy atom. The first kappa shape index (κ1) is 14.1. The van der Waals surface area contributed by atoms with E-state index in [0.29, 0.717) is 22.4 Å². The molecule has 0 atom stereocenters. The van der Waals surface area contributed by atoms with Gasteiger partial charge in [-0.25, -0.2) is 9.37 Å². The predicted molar refractivity (Wildman–Crippen MR) is 87.5 cm³/mol. The molecule has 0 bridgehead atoms. The molecule has 0 saturated heterocycles. The van der Waals surface area contributed by atoms with E-state index in [1.165, 1.54) is 18.4 Å². The zero-order chi connectivity index (χ0) is 16.5. The highest BCUT2D eigenvalue weighted by molar-refractivity contribution is 5.90. The van der Waals surface area contributed by atoms with Crippen LogP contribution in [0.15, 0.2) is 64.1 Å². The number of benzene rings is 1. The third-order valence-electron chi connectivity index (χ3n) is 3.50. The first-order chi connectivity index (χ1) is 11.7. The minimum atomic E-state index is -0.343. The van der Waals surface area contributed by atoms with Crippen molar-refractivity contribution >= 4 is 22.7 Å². The molecular weight excluding hydrogens is 311 g/mol. The maximum Gasteiger partial charge on any atom is 0.262 e. The monoisotopic (exact) mass is 322 g/mol. The molecule has 7 heteroatoms. The maximum atomic E-state index is 13.0. The number of aromatic nitrogens is 3. The van der Waals surface area contributed by atoms with Gasteiger partial charge in [0.25, 0.3) is 5.56 Å². The van der Waals surface area contributed by atoms with Crippen molar-refractivity contribution in [3.8, 4) is 11.3 Å². The summed E-state index contributed by atoms with van der Waals surface area (Å²) in [5.41, 5.74) is 1.16. The van der Waals surface area contributed by atoms with Gasteiger partial charge in [-0.2, -0.15) is 4.98 Å². The number of nitrogens with zero attached hydrogens (tertiary/aromatic N) is 2. The lowest BCUT2D eigenvalue weighted by Crippen LogP contribution is -2.13. The van der Waals surface area contributed by atoms with Crippen molar-refractivity contribution in [2.75, 3.05) is 5.32 Å².